The van der Waals surface area contributed by atoms with Gasteiger partial charge in [-0.1, -0.05) is 0 Å². The summed E-state index contributed by atoms with van der Waals surface area (Å²) in [5, 5.41) is 13.6. The zero-order chi connectivity index (χ0) is 16.7. The van der Waals surface area contributed by atoms with E-state index < -0.39 is 26.4 Å². The Morgan fingerprint density at radius 3 is 2.68 bits per heavy atom. The molecule has 0 aliphatic heterocycles. The molecule has 0 fully saturated rings. The second-order valence-corrected chi connectivity index (χ2v) is 8.54. The molecule has 2 rings (SSSR count). The van der Waals surface area contributed by atoms with Gasteiger partial charge in [-0.25, -0.2) is 12.8 Å². The Morgan fingerprint density at radius 1 is 1.50 bits per heavy atom. The third-order valence-electron chi connectivity index (χ3n) is 3.71. The predicted octanol–water partition coefficient (Wildman–Crippen LogP) is 2.22. The van der Waals surface area contributed by atoms with Crippen LogP contribution in [0.1, 0.15) is 13.3 Å². The lowest BCUT2D eigenvalue weighted by Gasteiger charge is -2.22. The van der Waals surface area contributed by atoms with Gasteiger partial charge in [0.15, 0.2) is 14.6 Å². The topological polar surface area (TPSA) is 89.3 Å². The first kappa shape index (κ1) is 16.9. The molecule has 1 aromatic carbocycles. The van der Waals surface area contributed by atoms with Gasteiger partial charge in [0, 0.05) is 19.0 Å². The van der Waals surface area contributed by atoms with Gasteiger partial charge in [-0.15, -0.1) is 0 Å². The van der Waals surface area contributed by atoms with E-state index in [0.717, 1.165) is 13.2 Å². The first-order valence-corrected chi connectivity index (χ1v) is 8.99. The highest BCUT2D eigenvalue weighted by Gasteiger charge is 2.43. The van der Waals surface area contributed by atoms with Crippen LogP contribution in [-0.2, 0) is 21.2 Å². The number of fused-ring (bicyclic) bond motifs is 1. The van der Waals surface area contributed by atoms with Gasteiger partial charge in [0.25, 0.3) is 0 Å². The Morgan fingerprint density at radius 2 is 2.14 bits per heavy atom. The second-order valence-electron chi connectivity index (χ2n) is 5.24. The lowest BCUT2D eigenvalue weighted by atomic mass is 10.1. The quantitative estimate of drug-likeness (QED) is 0.842. The second kappa shape index (κ2) is 5.62. The average molecular weight is 393 g/mol. The Kier molecular flexibility index (Phi) is 4.31. The van der Waals surface area contributed by atoms with Gasteiger partial charge >= 0.3 is 5.97 Å². The van der Waals surface area contributed by atoms with Crippen LogP contribution in [-0.4, -0.2) is 40.3 Å². The number of aliphatic carboxylic acids is 1. The molecular formula is C13H14BrFN2O4S. The standard InChI is InChI=1S/C13H14BrFN2O4S/c1-13(12(18)19,22(2,20)21)5-6-17-7-8-10(16-17)4-3-9(14)11(8)15/h3-4,7H,5-6H2,1-2H3,(H,18,19)/t13-/m1/s1. The summed E-state index contributed by atoms with van der Waals surface area (Å²) in [6.07, 6.45) is 2.15. The van der Waals surface area contributed by atoms with Crippen LogP contribution in [0.3, 0.4) is 0 Å². The maximum atomic E-state index is 13.9. The number of aryl methyl sites for hydroxylation is 1. The number of carboxylic acids is 1. The number of halogens is 2. The number of benzene rings is 1. The van der Waals surface area contributed by atoms with Crippen molar-refractivity contribution in [1.29, 1.82) is 0 Å². The lowest BCUT2D eigenvalue weighted by molar-refractivity contribution is -0.139. The summed E-state index contributed by atoms with van der Waals surface area (Å²) in [7, 11) is -3.80. The molecule has 1 heterocycles. The summed E-state index contributed by atoms with van der Waals surface area (Å²) >= 11 is 3.07. The van der Waals surface area contributed by atoms with E-state index >= 15 is 0 Å². The molecule has 9 heteroatoms. The van der Waals surface area contributed by atoms with Crippen molar-refractivity contribution in [2.24, 2.45) is 0 Å². The Labute approximate surface area is 135 Å². The maximum Gasteiger partial charge on any atom is 0.324 e. The molecule has 0 saturated carbocycles. The Hall–Kier alpha value is -1.48. The van der Waals surface area contributed by atoms with Crippen LogP contribution in [0.5, 0.6) is 0 Å². The van der Waals surface area contributed by atoms with E-state index in [1.165, 1.54) is 16.9 Å². The highest BCUT2D eigenvalue weighted by molar-refractivity contribution is 9.10. The molecule has 1 N–H and O–H groups in total. The zero-order valence-corrected chi connectivity index (χ0v) is 14.3. The molecule has 0 saturated heterocycles. The smallest absolute Gasteiger partial charge is 0.324 e. The fourth-order valence-electron chi connectivity index (χ4n) is 1.98. The first-order chi connectivity index (χ1) is 10.1. The Bertz CT molecular complexity index is 849. The molecule has 1 atom stereocenters. The van der Waals surface area contributed by atoms with E-state index in [4.69, 9.17) is 0 Å². The molecule has 0 spiro atoms. The molecule has 0 aliphatic rings. The number of carbonyl (C=O) groups is 1. The van der Waals surface area contributed by atoms with Gasteiger partial charge in [-0.3, -0.25) is 9.48 Å². The molecule has 0 radical (unpaired) electrons. The van der Waals surface area contributed by atoms with Crippen molar-refractivity contribution in [2.75, 3.05) is 6.26 Å². The molecule has 6 nitrogen and oxygen atoms in total. The summed E-state index contributed by atoms with van der Waals surface area (Å²) in [5.41, 5.74) is 0.414. The fraction of sp³-hybridized carbons (Fsp3) is 0.385. The van der Waals surface area contributed by atoms with E-state index in [9.17, 15) is 22.7 Å². The maximum absolute atomic E-state index is 13.9. The number of sulfone groups is 1. The van der Waals surface area contributed by atoms with Crippen LogP contribution in [0.4, 0.5) is 4.39 Å². The van der Waals surface area contributed by atoms with Crippen molar-refractivity contribution in [3.8, 4) is 0 Å². The number of nitrogens with zero attached hydrogens (tertiary/aromatic N) is 2. The van der Waals surface area contributed by atoms with Gasteiger partial charge < -0.3 is 5.11 Å². The van der Waals surface area contributed by atoms with Gasteiger partial charge in [0.1, 0.15) is 5.82 Å². The summed E-state index contributed by atoms with van der Waals surface area (Å²) < 4.78 is 37.1. The molecule has 120 valence electrons. The first-order valence-electron chi connectivity index (χ1n) is 6.30. The number of aromatic nitrogens is 2. The van der Waals surface area contributed by atoms with Crippen molar-refractivity contribution < 1.29 is 22.7 Å². The number of carboxylic acid groups (broad SMARTS) is 1. The van der Waals surface area contributed by atoms with Crippen LogP contribution in [0.25, 0.3) is 10.9 Å². The van der Waals surface area contributed by atoms with E-state index in [1.54, 1.807) is 6.07 Å². The van der Waals surface area contributed by atoms with Gasteiger partial charge in [0.05, 0.1) is 15.4 Å². The molecule has 0 amide bonds. The third-order valence-corrected chi connectivity index (χ3v) is 6.34. The van der Waals surface area contributed by atoms with Crippen molar-refractivity contribution in [2.45, 2.75) is 24.6 Å². The van der Waals surface area contributed by atoms with Crippen LogP contribution in [0.15, 0.2) is 22.8 Å². The third kappa shape index (κ3) is 2.87. The predicted molar refractivity (Wildman–Crippen MR) is 82.9 cm³/mol. The van der Waals surface area contributed by atoms with E-state index in [2.05, 4.69) is 21.0 Å². The molecule has 22 heavy (non-hydrogen) atoms. The van der Waals surface area contributed by atoms with Crippen LogP contribution in [0, 0.1) is 5.82 Å². The minimum atomic E-state index is -3.80. The SMILES string of the molecule is C[C@@](CCn1cc2c(F)c(Br)ccc2n1)(C(=O)O)S(C)(=O)=O. The molecule has 0 aliphatic carbocycles. The minimum absolute atomic E-state index is 0.0433. The number of hydrogen-bond acceptors (Lipinski definition) is 4. The van der Waals surface area contributed by atoms with E-state index in [0.29, 0.717) is 9.99 Å². The summed E-state index contributed by atoms with van der Waals surface area (Å²) in [5.74, 6) is -1.88. The largest absolute Gasteiger partial charge is 0.480 e. The number of rotatable bonds is 5. The van der Waals surface area contributed by atoms with Crippen molar-refractivity contribution >= 4 is 42.6 Å². The molecule has 1 aromatic heterocycles. The monoisotopic (exact) mass is 392 g/mol. The Balaban J connectivity index is 2.32. The lowest BCUT2D eigenvalue weighted by Crippen LogP contribution is -2.43. The molecular weight excluding hydrogens is 379 g/mol. The van der Waals surface area contributed by atoms with Crippen LogP contribution < -0.4 is 0 Å². The summed E-state index contributed by atoms with van der Waals surface area (Å²) in [6, 6.07) is 3.14. The van der Waals surface area contributed by atoms with Crippen molar-refractivity contribution in [1.82, 2.24) is 9.78 Å². The van der Waals surface area contributed by atoms with Gasteiger partial charge in [0.2, 0.25) is 0 Å². The van der Waals surface area contributed by atoms with Gasteiger partial charge in [-0.2, -0.15) is 5.10 Å². The van der Waals surface area contributed by atoms with Crippen LogP contribution in [0.2, 0.25) is 0 Å². The number of hydrogen-bond donors (Lipinski definition) is 1. The highest BCUT2D eigenvalue weighted by Crippen LogP contribution is 2.26. The summed E-state index contributed by atoms with van der Waals surface area (Å²) in [6.45, 7) is 1.20. The normalized spacial score (nSPS) is 14.9. The molecule has 2 aromatic rings. The minimum Gasteiger partial charge on any atom is -0.480 e. The molecule has 0 bridgehead atoms. The average Bonchev–Trinajstić information content (AvgIpc) is 2.82. The van der Waals surface area contributed by atoms with E-state index in [-0.39, 0.29) is 18.4 Å². The summed E-state index contributed by atoms with van der Waals surface area (Å²) in [4.78, 5) is 11.3. The van der Waals surface area contributed by atoms with Crippen LogP contribution >= 0.6 is 15.9 Å². The highest BCUT2D eigenvalue weighted by atomic mass is 79.9. The van der Waals surface area contributed by atoms with E-state index in [1.807, 2.05) is 0 Å². The van der Waals surface area contributed by atoms with Gasteiger partial charge in [-0.05, 0) is 41.4 Å². The fourth-order valence-corrected chi connectivity index (χ4v) is 3.10. The molecule has 0 unspecified atom stereocenters. The zero-order valence-electron chi connectivity index (χ0n) is 11.9. The van der Waals surface area contributed by atoms with Crippen molar-refractivity contribution in [3.05, 3.63) is 28.6 Å². The van der Waals surface area contributed by atoms with Crippen molar-refractivity contribution in [3.63, 3.8) is 0 Å².